The van der Waals surface area contributed by atoms with E-state index in [4.69, 9.17) is 0 Å². The molecule has 5 aromatic heterocycles. The van der Waals surface area contributed by atoms with Crippen molar-refractivity contribution in [3.05, 3.63) is 59.2 Å². The summed E-state index contributed by atoms with van der Waals surface area (Å²) in [5, 5.41) is 11.6. The first-order valence-electron chi connectivity index (χ1n) is 7.77. The second-order valence-corrected chi connectivity index (χ2v) is 5.66. The van der Waals surface area contributed by atoms with Crippen LogP contribution >= 0.6 is 0 Å². The maximum absolute atomic E-state index is 12.8. The molecule has 0 saturated heterocycles. The molecule has 0 radical (unpaired) electrons. The molecule has 0 bridgehead atoms. The van der Waals surface area contributed by atoms with Crippen molar-refractivity contribution in [1.29, 1.82) is 0 Å². The zero-order chi connectivity index (χ0) is 17.7. The molecule has 0 amide bonds. The van der Waals surface area contributed by atoms with Crippen LogP contribution in [0, 0.1) is 6.92 Å². The van der Waals surface area contributed by atoms with E-state index in [1.54, 1.807) is 36.1 Å². The Morgan fingerprint density at radius 2 is 2.08 bits per heavy atom. The smallest absolute Gasteiger partial charge is 0.268 e. The fraction of sp³-hybridized carbons (Fsp3) is 0.0625. The highest BCUT2D eigenvalue weighted by Crippen LogP contribution is 2.17. The van der Waals surface area contributed by atoms with Crippen molar-refractivity contribution in [2.24, 2.45) is 0 Å². The molecule has 0 spiro atoms. The van der Waals surface area contributed by atoms with Gasteiger partial charge in [-0.1, -0.05) is 0 Å². The van der Waals surface area contributed by atoms with Crippen LogP contribution in [0.25, 0.3) is 34.0 Å². The molecule has 126 valence electrons. The van der Waals surface area contributed by atoms with Gasteiger partial charge in [-0.25, -0.2) is 9.55 Å². The molecular formula is C16H11N9O. The number of aromatic nitrogens is 9. The van der Waals surface area contributed by atoms with Crippen molar-refractivity contribution in [2.75, 3.05) is 0 Å². The highest BCUT2D eigenvalue weighted by molar-refractivity contribution is 5.79. The highest BCUT2D eigenvalue weighted by Gasteiger charge is 2.14. The number of aryl methyl sites for hydroxylation is 1. The second-order valence-electron chi connectivity index (χ2n) is 5.66. The molecule has 10 nitrogen and oxygen atoms in total. The first-order chi connectivity index (χ1) is 12.7. The van der Waals surface area contributed by atoms with E-state index in [0.29, 0.717) is 28.3 Å². The Morgan fingerprint density at radius 1 is 1.15 bits per heavy atom. The molecular weight excluding hydrogens is 334 g/mol. The molecule has 0 aliphatic carbocycles. The number of fused-ring (bicyclic) bond motifs is 3. The van der Waals surface area contributed by atoms with Crippen LogP contribution in [0.3, 0.4) is 0 Å². The molecule has 0 aliphatic heterocycles. The van der Waals surface area contributed by atoms with Crippen LogP contribution in [-0.4, -0.2) is 44.3 Å². The van der Waals surface area contributed by atoms with E-state index in [2.05, 4.69) is 35.2 Å². The minimum Gasteiger partial charge on any atom is -0.268 e. The molecule has 0 saturated carbocycles. The zero-order valence-corrected chi connectivity index (χ0v) is 13.5. The fourth-order valence-electron chi connectivity index (χ4n) is 2.73. The van der Waals surface area contributed by atoms with Gasteiger partial charge in [0.25, 0.3) is 17.3 Å². The molecule has 10 heteroatoms. The first-order valence-corrected chi connectivity index (χ1v) is 7.77. The Kier molecular flexibility index (Phi) is 2.92. The van der Waals surface area contributed by atoms with Gasteiger partial charge >= 0.3 is 0 Å². The molecule has 0 aliphatic rings. The molecule has 0 fully saturated rings. The summed E-state index contributed by atoms with van der Waals surface area (Å²) in [6, 6.07) is 5.44. The molecule has 1 N–H and O–H groups in total. The van der Waals surface area contributed by atoms with E-state index in [1.807, 2.05) is 12.1 Å². The summed E-state index contributed by atoms with van der Waals surface area (Å²) in [5.41, 5.74) is 1.09. The summed E-state index contributed by atoms with van der Waals surface area (Å²) < 4.78 is 2.91. The van der Waals surface area contributed by atoms with E-state index >= 15 is 0 Å². The molecule has 0 atom stereocenters. The minimum absolute atomic E-state index is 0.282. The summed E-state index contributed by atoms with van der Waals surface area (Å²) in [6.45, 7) is 1.77. The third-order valence-electron chi connectivity index (χ3n) is 3.95. The van der Waals surface area contributed by atoms with E-state index in [-0.39, 0.29) is 11.5 Å². The maximum atomic E-state index is 12.8. The number of hydrogen-bond acceptors (Lipinski definition) is 7. The number of nitrogens with one attached hydrogen (secondary N) is 1. The predicted octanol–water partition coefficient (Wildman–Crippen LogP) is 0.917. The number of hydrogen-bond donors (Lipinski definition) is 1. The number of nitrogens with zero attached hydrogens (tertiary/aromatic N) is 8. The van der Waals surface area contributed by atoms with Crippen LogP contribution in [0.1, 0.15) is 5.82 Å². The van der Waals surface area contributed by atoms with Gasteiger partial charge in [0.05, 0.1) is 10.9 Å². The molecule has 0 unspecified atom stereocenters. The van der Waals surface area contributed by atoms with E-state index < -0.39 is 0 Å². The predicted molar refractivity (Wildman–Crippen MR) is 91.8 cm³/mol. The monoisotopic (exact) mass is 345 g/mol. The van der Waals surface area contributed by atoms with Crippen molar-refractivity contribution in [1.82, 2.24) is 44.3 Å². The molecule has 26 heavy (non-hydrogen) atoms. The van der Waals surface area contributed by atoms with Gasteiger partial charge in [-0.2, -0.15) is 14.5 Å². The summed E-state index contributed by atoms with van der Waals surface area (Å²) in [7, 11) is 0. The van der Waals surface area contributed by atoms with Gasteiger partial charge in [0, 0.05) is 30.4 Å². The molecule has 5 heterocycles. The SMILES string of the molecule is Cc1nc(-n2ccc3c(cnc4nc(-c5cccnc5)nn43)c2=O)n[nH]1. The van der Waals surface area contributed by atoms with Gasteiger partial charge in [-0.3, -0.25) is 14.9 Å². The lowest BCUT2D eigenvalue weighted by molar-refractivity contribution is 0.894. The highest BCUT2D eigenvalue weighted by atomic mass is 16.1. The lowest BCUT2D eigenvalue weighted by Crippen LogP contribution is -2.20. The Balaban J connectivity index is 1.75. The Bertz CT molecular complexity index is 1320. The molecule has 5 aromatic rings. The van der Waals surface area contributed by atoms with Crippen LogP contribution in [0.5, 0.6) is 0 Å². The third kappa shape index (κ3) is 2.09. The largest absolute Gasteiger partial charge is 0.268 e. The summed E-state index contributed by atoms with van der Waals surface area (Å²) in [6.07, 6.45) is 6.46. The van der Waals surface area contributed by atoms with Gasteiger partial charge in [0.1, 0.15) is 5.82 Å². The molecule has 0 aromatic carbocycles. The fourth-order valence-corrected chi connectivity index (χ4v) is 2.73. The lowest BCUT2D eigenvalue weighted by atomic mass is 10.3. The zero-order valence-electron chi connectivity index (χ0n) is 13.5. The van der Waals surface area contributed by atoms with Crippen LogP contribution < -0.4 is 5.56 Å². The van der Waals surface area contributed by atoms with E-state index in [9.17, 15) is 4.79 Å². The Hall–Kier alpha value is -3.95. The Morgan fingerprint density at radius 3 is 2.85 bits per heavy atom. The number of aromatic amines is 1. The van der Waals surface area contributed by atoms with Crippen molar-refractivity contribution in [2.45, 2.75) is 6.92 Å². The first kappa shape index (κ1) is 14.4. The topological polar surface area (TPSA) is 120 Å². The number of pyridine rings is 2. The normalized spacial score (nSPS) is 11.4. The van der Waals surface area contributed by atoms with Gasteiger partial charge in [-0.05, 0) is 25.1 Å². The average Bonchev–Trinajstić information content (AvgIpc) is 3.29. The van der Waals surface area contributed by atoms with Crippen molar-refractivity contribution >= 4 is 16.7 Å². The van der Waals surface area contributed by atoms with Gasteiger partial charge in [0.15, 0.2) is 5.82 Å². The maximum Gasteiger partial charge on any atom is 0.268 e. The van der Waals surface area contributed by atoms with Gasteiger partial charge < -0.3 is 0 Å². The minimum atomic E-state index is -0.283. The number of H-pyrrole nitrogens is 1. The van der Waals surface area contributed by atoms with Crippen molar-refractivity contribution in [3.63, 3.8) is 0 Å². The van der Waals surface area contributed by atoms with E-state index in [1.165, 1.54) is 10.8 Å². The second kappa shape index (κ2) is 5.28. The average molecular weight is 345 g/mol. The van der Waals surface area contributed by atoms with Gasteiger partial charge in [-0.15, -0.1) is 10.2 Å². The van der Waals surface area contributed by atoms with Gasteiger partial charge in [0.2, 0.25) is 0 Å². The van der Waals surface area contributed by atoms with Crippen molar-refractivity contribution < 1.29 is 0 Å². The quantitative estimate of drug-likeness (QED) is 0.505. The van der Waals surface area contributed by atoms with Crippen LogP contribution in [0.4, 0.5) is 0 Å². The third-order valence-corrected chi connectivity index (χ3v) is 3.95. The summed E-state index contributed by atoms with van der Waals surface area (Å²) in [5.74, 6) is 1.80. The lowest BCUT2D eigenvalue weighted by Gasteiger charge is -2.03. The van der Waals surface area contributed by atoms with Crippen LogP contribution in [0.15, 0.2) is 47.8 Å². The van der Waals surface area contributed by atoms with Crippen LogP contribution in [0.2, 0.25) is 0 Å². The Labute approximate surface area is 145 Å². The van der Waals surface area contributed by atoms with E-state index in [0.717, 1.165) is 5.56 Å². The van der Waals surface area contributed by atoms with Crippen molar-refractivity contribution in [3.8, 4) is 17.3 Å². The standard InChI is InChI=1S/C16H11N9O/c1-9-19-16(22-21-9)24-6-4-12-11(14(24)26)8-18-15-20-13(23-25(12)15)10-3-2-5-17-7-10/h2-8H,1H3,(H,19,21,22). The summed E-state index contributed by atoms with van der Waals surface area (Å²) in [4.78, 5) is 29.8. The molecule has 5 rings (SSSR count). The number of rotatable bonds is 2. The van der Waals surface area contributed by atoms with Crippen LogP contribution in [-0.2, 0) is 0 Å². The summed E-state index contributed by atoms with van der Waals surface area (Å²) >= 11 is 0.